The first-order valence-corrected chi connectivity index (χ1v) is 7.63. The minimum absolute atomic E-state index is 0.186. The molecule has 2 N–H and O–H groups in total. The molecule has 0 aliphatic heterocycles. The van der Waals surface area contributed by atoms with Crippen molar-refractivity contribution in [3.05, 3.63) is 41.7 Å². The summed E-state index contributed by atoms with van der Waals surface area (Å²) in [4.78, 5) is 8.62. The van der Waals surface area contributed by atoms with E-state index in [1.54, 1.807) is 25.4 Å². The summed E-state index contributed by atoms with van der Waals surface area (Å²) in [6.45, 7) is 4.55. The Bertz CT molecular complexity index is 617. The van der Waals surface area contributed by atoms with Crippen molar-refractivity contribution in [2.75, 3.05) is 25.6 Å². The Labute approximate surface area is 136 Å². The number of nitrogens with one attached hydrogen (secondary N) is 1. The topological polar surface area (TPSA) is 76.5 Å². The van der Waals surface area contributed by atoms with Crippen molar-refractivity contribution in [3.8, 4) is 11.5 Å². The molecular formula is C17H23N3O3. The van der Waals surface area contributed by atoms with E-state index in [1.165, 1.54) is 0 Å². The second kappa shape index (κ2) is 8.33. The number of hydrogen-bond donors (Lipinski definition) is 2. The Morgan fingerprint density at radius 3 is 2.57 bits per heavy atom. The second-order valence-corrected chi connectivity index (χ2v) is 5.20. The van der Waals surface area contributed by atoms with Crippen molar-refractivity contribution in [2.24, 2.45) is 0 Å². The molecule has 1 aromatic heterocycles. The molecule has 0 radical (unpaired) electrons. The predicted octanol–water partition coefficient (Wildman–Crippen LogP) is 2.21. The number of aliphatic hydroxyl groups excluding tert-OH is 1. The van der Waals surface area contributed by atoms with Crippen molar-refractivity contribution >= 4 is 5.95 Å². The Morgan fingerprint density at radius 1 is 1.22 bits per heavy atom. The molecule has 6 heteroatoms. The van der Waals surface area contributed by atoms with Gasteiger partial charge in [-0.3, -0.25) is 0 Å². The lowest BCUT2D eigenvalue weighted by Gasteiger charge is -2.14. The molecule has 0 aliphatic carbocycles. The number of aryl methyl sites for hydroxylation is 2. The summed E-state index contributed by atoms with van der Waals surface area (Å²) in [5.41, 5.74) is 2.08. The summed E-state index contributed by atoms with van der Waals surface area (Å²) in [5.74, 6) is 1.98. The molecule has 23 heavy (non-hydrogen) atoms. The van der Waals surface area contributed by atoms with E-state index in [0.29, 0.717) is 18.2 Å². The second-order valence-electron chi connectivity index (χ2n) is 5.20. The molecule has 0 aliphatic rings. The zero-order chi connectivity index (χ0) is 16.7. The SMILES string of the molecule is CCc1nc(NCC(O)COc2ccc(OC)cc2)ncc1C. The molecule has 2 aromatic rings. The molecule has 0 saturated carbocycles. The third-order valence-electron chi connectivity index (χ3n) is 3.41. The molecule has 0 bridgehead atoms. The Hall–Kier alpha value is -2.34. The first-order chi connectivity index (χ1) is 11.1. The van der Waals surface area contributed by atoms with Crippen LogP contribution in [0.2, 0.25) is 0 Å². The minimum Gasteiger partial charge on any atom is -0.497 e. The van der Waals surface area contributed by atoms with Crippen LogP contribution in [0, 0.1) is 6.92 Å². The number of anilines is 1. The van der Waals surface area contributed by atoms with Crippen LogP contribution in [-0.2, 0) is 6.42 Å². The quantitative estimate of drug-likeness (QED) is 0.777. The van der Waals surface area contributed by atoms with Gasteiger partial charge in [-0.15, -0.1) is 0 Å². The van der Waals surface area contributed by atoms with Crippen molar-refractivity contribution in [1.29, 1.82) is 0 Å². The summed E-state index contributed by atoms with van der Waals surface area (Å²) in [7, 11) is 1.61. The maximum atomic E-state index is 9.99. The van der Waals surface area contributed by atoms with Gasteiger partial charge in [0.2, 0.25) is 5.95 Å². The molecule has 2 rings (SSSR count). The third kappa shape index (κ3) is 5.10. The summed E-state index contributed by atoms with van der Waals surface area (Å²) >= 11 is 0. The number of rotatable bonds is 8. The van der Waals surface area contributed by atoms with Crippen LogP contribution < -0.4 is 14.8 Å². The van der Waals surface area contributed by atoms with Gasteiger partial charge in [-0.1, -0.05) is 6.92 Å². The summed E-state index contributed by atoms with van der Waals surface area (Å²) in [5, 5.41) is 13.0. The van der Waals surface area contributed by atoms with Gasteiger partial charge in [0.15, 0.2) is 0 Å². The van der Waals surface area contributed by atoms with Crippen LogP contribution in [0.25, 0.3) is 0 Å². The highest BCUT2D eigenvalue weighted by Crippen LogP contribution is 2.17. The van der Waals surface area contributed by atoms with E-state index in [4.69, 9.17) is 9.47 Å². The highest BCUT2D eigenvalue weighted by atomic mass is 16.5. The van der Waals surface area contributed by atoms with Crippen LogP contribution >= 0.6 is 0 Å². The average molecular weight is 317 g/mol. The zero-order valence-corrected chi connectivity index (χ0v) is 13.7. The fourth-order valence-electron chi connectivity index (χ4n) is 2.05. The Morgan fingerprint density at radius 2 is 1.91 bits per heavy atom. The van der Waals surface area contributed by atoms with Crippen LogP contribution in [0.5, 0.6) is 11.5 Å². The number of benzene rings is 1. The van der Waals surface area contributed by atoms with Gasteiger partial charge < -0.3 is 19.9 Å². The highest BCUT2D eigenvalue weighted by Gasteiger charge is 2.08. The van der Waals surface area contributed by atoms with Crippen LogP contribution in [0.3, 0.4) is 0 Å². The van der Waals surface area contributed by atoms with Gasteiger partial charge in [0.1, 0.15) is 24.2 Å². The Balaban J connectivity index is 1.79. The standard InChI is InChI=1S/C17H23N3O3/c1-4-16-12(2)9-18-17(20-16)19-10-13(21)11-23-15-7-5-14(22-3)6-8-15/h5-9,13,21H,4,10-11H2,1-3H3,(H,18,19,20). The van der Waals surface area contributed by atoms with Gasteiger partial charge >= 0.3 is 0 Å². The fraction of sp³-hybridized carbons (Fsp3) is 0.412. The number of nitrogens with zero attached hydrogens (tertiary/aromatic N) is 2. The number of hydrogen-bond acceptors (Lipinski definition) is 6. The molecule has 1 atom stereocenters. The van der Waals surface area contributed by atoms with E-state index >= 15 is 0 Å². The van der Waals surface area contributed by atoms with Crippen molar-refractivity contribution in [1.82, 2.24) is 9.97 Å². The van der Waals surface area contributed by atoms with E-state index in [0.717, 1.165) is 23.4 Å². The van der Waals surface area contributed by atoms with Gasteiger partial charge in [-0.2, -0.15) is 0 Å². The van der Waals surface area contributed by atoms with Crippen LogP contribution in [0.1, 0.15) is 18.2 Å². The molecule has 0 amide bonds. The van der Waals surface area contributed by atoms with Crippen LogP contribution in [0.4, 0.5) is 5.95 Å². The smallest absolute Gasteiger partial charge is 0.222 e. The molecular weight excluding hydrogens is 294 g/mol. The third-order valence-corrected chi connectivity index (χ3v) is 3.41. The number of aliphatic hydroxyl groups is 1. The molecule has 6 nitrogen and oxygen atoms in total. The molecule has 0 fully saturated rings. The fourth-order valence-corrected chi connectivity index (χ4v) is 2.05. The number of ether oxygens (including phenoxy) is 2. The van der Waals surface area contributed by atoms with E-state index in [9.17, 15) is 5.11 Å². The number of aromatic nitrogens is 2. The van der Waals surface area contributed by atoms with Crippen LogP contribution in [0.15, 0.2) is 30.5 Å². The Kier molecular flexibility index (Phi) is 6.17. The maximum Gasteiger partial charge on any atom is 0.222 e. The van der Waals surface area contributed by atoms with Crippen LogP contribution in [-0.4, -0.2) is 41.4 Å². The largest absolute Gasteiger partial charge is 0.497 e. The van der Waals surface area contributed by atoms with E-state index in [2.05, 4.69) is 22.2 Å². The summed E-state index contributed by atoms with van der Waals surface area (Å²) in [6.07, 6.45) is 1.98. The zero-order valence-electron chi connectivity index (χ0n) is 13.7. The summed E-state index contributed by atoms with van der Waals surface area (Å²) < 4.78 is 10.6. The van der Waals surface area contributed by atoms with E-state index in [1.807, 2.05) is 19.1 Å². The lowest BCUT2D eigenvalue weighted by Crippen LogP contribution is -2.27. The van der Waals surface area contributed by atoms with Crippen molar-refractivity contribution in [2.45, 2.75) is 26.4 Å². The molecule has 1 aromatic carbocycles. The van der Waals surface area contributed by atoms with Gasteiger partial charge in [0, 0.05) is 18.4 Å². The number of methoxy groups -OCH3 is 1. The lowest BCUT2D eigenvalue weighted by atomic mass is 10.2. The first-order valence-electron chi connectivity index (χ1n) is 7.63. The first kappa shape index (κ1) is 17.0. The molecule has 1 heterocycles. The average Bonchev–Trinajstić information content (AvgIpc) is 2.59. The normalized spacial score (nSPS) is 11.8. The van der Waals surface area contributed by atoms with Gasteiger partial charge in [0.05, 0.1) is 7.11 Å². The lowest BCUT2D eigenvalue weighted by molar-refractivity contribution is 0.117. The van der Waals surface area contributed by atoms with E-state index in [-0.39, 0.29) is 6.61 Å². The van der Waals surface area contributed by atoms with Crippen molar-refractivity contribution < 1.29 is 14.6 Å². The van der Waals surface area contributed by atoms with Crippen molar-refractivity contribution in [3.63, 3.8) is 0 Å². The monoisotopic (exact) mass is 317 g/mol. The van der Waals surface area contributed by atoms with Gasteiger partial charge in [0.25, 0.3) is 0 Å². The van der Waals surface area contributed by atoms with E-state index < -0.39 is 6.10 Å². The summed E-state index contributed by atoms with van der Waals surface area (Å²) in [6, 6.07) is 7.23. The predicted molar refractivity (Wildman–Crippen MR) is 89.1 cm³/mol. The molecule has 1 unspecified atom stereocenters. The minimum atomic E-state index is -0.660. The molecule has 0 spiro atoms. The van der Waals surface area contributed by atoms with Gasteiger partial charge in [-0.25, -0.2) is 9.97 Å². The highest BCUT2D eigenvalue weighted by molar-refractivity contribution is 5.31. The molecule has 0 saturated heterocycles. The maximum absolute atomic E-state index is 9.99. The molecule has 124 valence electrons. The van der Waals surface area contributed by atoms with Gasteiger partial charge in [-0.05, 0) is 43.2 Å².